The second-order valence-corrected chi connectivity index (χ2v) is 1.76. The molecule has 0 aromatic heterocycles. The lowest BCUT2D eigenvalue weighted by atomic mass is 10.3. The molecule has 2 rings (SSSR count). The summed E-state index contributed by atoms with van der Waals surface area (Å²) >= 11 is 0. The Morgan fingerprint density at radius 3 is 3.10 bits per heavy atom. The minimum Gasteiger partial charge on any atom is -0.266 e. The fraction of sp³-hybridized carbons (Fsp3) is 0. The van der Waals surface area contributed by atoms with Gasteiger partial charge in [0.15, 0.2) is 0 Å². The van der Waals surface area contributed by atoms with Crippen molar-refractivity contribution >= 4 is 29.9 Å². The van der Waals surface area contributed by atoms with Gasteiger partial charge in [0.25, 0.3) is 5.91 Å². The maximum Gasteiger partial charge on any atom is 0.288 e. The van der Waals surface area contributed by atoms with Crippen LogP contribution in [0.5, 0.6) is 0 Å². The molecule has 0 atom stereocenters. The average Bonchev–Trinajstić information content (AvgIpc) is 2.33. The van der Waals surface area contributed by atoms with Gasteiger partial charge in [0, 0.05) is 0 Å². The zero-order valence-electron chi connectivity index (χ0n) is 4.85. The number of nitrogens with zero attached hydrogens (tertiary/aromatic N) is 4. The van der Waals surface area contributed by atoms with E-state index in [-0.39, 0.29) is 5.91 Å². The molecule has 0 radical (unpaired) electrons. The number of carbonyl (C=O) groups excluding carboxylic acids is 1. The van der Waals surface area contributed by atoms with Gasteiger partial charge < -0.3 is 0 Å². The fourth-order valence-electron chi connectivity index (χ4n) is 0.682. The van der Waals surface area contributed by atoms with E-state index in [0.29, 0.717) is 11.5 Å². The molecule has 0 bridgehead atoms. The average molecular weight is 134 g/mol. The van der Waals surface area contributed by atoms with E-state index in [2.05, 4.69) is 20.2 Å². The largest absolute Gasteiger partial charge is 0.288 e. The Labute approximate surface area is 55.9 Å². The smallest absolute Gasteiger partial charge is 0.266 e. The van der Waals surface area contributed by atoms with E-state index in [0.717, 1.165) is 6.21 Å². The summed E-state index contributed by atoms with van der Waals surface area (Å²) in [5, 5.41) is 7.13. The molecule has 0 N–H and O–H groups in total. The number of amidine groups is 1. The van der Waals surface area contributed by atoms with Crippen molar-refractivity contribution in [2.24, 2.45) is 20.2 Å². The van der Waals surface area contributed by atoms with Crippen molar-refractivity contribution in [1.82, 2.24) is 0 Å². The van der Waals surface area contributed by atoms with Crippen molar-refractivity contribution in [1.29, 1.82) is 0 Å². The molecule has 0 aliphatic carbocycles. The second kappa shape index (κ2) is 1.66. The molecule has 0 fully saturated rings. The van der Waals surface area contributed by atoms with E-state index >= 15 is 0 Å². The van der Waals surface area contributed by atoms with Gasteiger partial charge >= 0.3 is 0 Å². The lowest BCUT2D eigenvalue weighted by molar-refractivity contribution is -0.111. The summed E-state index contributed by atoms with van der Waals surface area (Å²) < 4.78 is 0. The van der Waals surface area contributed by atoms with Crippen molar-refractivity contribution in [2.45, 2.75) is 0 Å². The van der Waals surface area contributed by atoms with Crippen LogP contribution in [0.15, 0.2) is 20.2 Å². The summed E-state index contributed by atoms with van der Waals surface area (Å²) in [6.45, 7) is 0. The molecule has 0 unspecified atom stereocenters. The number of aliphatic imine (C=N–C) groups is 2. The van der Waals surface area contributed by atoms with E-state index in [1.54, 1.807) is 0 Å². The standard InChI is InChI=1S/C5H2N4O/c10-4-2-6-5-3(8-4)1-7-9-5/h1-2H. The van der Waals surface area contributed by atoms with Crippen LogP contribution >= 0.6 is 0 Å². The number of rotatable bonds is 0. The zero-order chi connectivity index (χ0) is 6.97. The molecule has 2 aliphatic heterocycles. The molecule has 0 saturated heterocycles. The highest BCUT2D eigenvalue weighted by molar-refractivity contribution is 6.68. The summed E-state index contributed by atoms with van der Waals surface area (Å²) in [5.74, 6) is 0.0573. The first-order valence-electron chi connectivity index (χ1n) is 2.64. The van der Waals surface area contributed by atoms with Crippen LogP contribution in [0.2, 0.25) is 0 Å². The molecule has 2 aliphatic rings. The molecule has 0 spiro atoms. The normalized spacial score (nSPS) is 20.6. The van der Waals surface area contributed by atoms with Gasteiger partial charge in [-0.1, -0.05) is 0 Å². The van der Waals surface area contributed by atoms with Gasteiger partial charge in [-0.05, 0) is 0 Å². The monoisotopic (exact) mass is 134 g/mol. The molecule has 48 valence electrons. The van der Waals surface area contributed by atoms with Gasteiger partial charge in [-0.25, -0.2) is 9.98 Å². The molecular formula is C5H2N4O. The number of hydrogen-bond donors (Lipinski definition) is 0. The molecule has 1 amide bonds. The van der Waals surface area contributed by atoms with Crippen LogP contribution in [0.1, 0.15) is 0 Å². The van der Waals surface area contributed by atoms with E-state index in [1.165, 1.54) is 6.21 Å². The molecule has 0 saturated carbocycles. The van der Waals surface area contributed by atoms with E-state index in [4.69, 9.17) is 0 Å². The lowest BCUT2D eigenvalue weighted by Crippen LogP contribution is -2.18. The highest BCUT2D eigenvalue weighted by Crippen LogP contribution is 1.98. The highest BCUT2D eigenvalue weighted by Gasteiger charge is 2.15. The van der Waals surface area contributed by atoms with Gasteiger partial charge in [0.1, 0.15) is 5.71 Å². The van der Waals surface area contributed by atoms with Gasteiger partial charge in [0.05, 0.1) is 12.4 Å². The quantitative estimate of drug-likeness (QED) is 0.437. The first kappa shape index (κ1) is 5.16. The Balaban J connectivity index is 2.51. The van der Waals surface area contributed by atoms with Crippen LogP contribution in [0, 0.1) is 0 Å². The minimum atomic E-state index is -0.359. The third-order valence-corrected chi connectivity index (χ3v) is 1.09. The summed E-state index contributed by atoms with van der Waals surface area (Å²) in [4.78, 5) is 17.8. The Hall–Kier alpha value is -1.65. The first-order valence-corrected chi connectivity index (χ1v) is 2.64. The maximum atomic E-state index is 10.6. The maximum absolute atomic E-state index is 10.6. The van der Waals surface area contributed by atoms with Gasteiger partial charge in [0.2, 0.25) is 5.84 Å². The molecule has 0 aromatic carbocycles. The van der Waals surface area contributed by atoms with E-state index in [1.807, 2.05) is 0 Å². The number of hydrogen-bond acceptors (Lipinski definition) is 4. The van der Waals surface area contributed by atoms with Crippen LogP contribution in [0.4, 0.5) is 0 Å². The number of fused-ring (bicyclic) bond motifs is 1. The molecular weight excluding hydrogens is 132 g/mol. The van der Waals surface area contributed by atoms with Crippen LogP contribution in [0.25, 0.3) is 0 Å². The Morgan fingerprint density at radius 2 is 2.20 bits per heavy atom. The van der Waals surface area contributed by atoms with Crippen LogP contribution in [0.3, 0.4) is 0 Å². The van der Waals surface area contributed by atoms with Gasteiger partial charge in [-0.15, -0.1) is 5.10 Å². The van der Waals surface area contributed by atoms with Crippen molar-refractivity contribution in [3.8, 4) is 0 Å². The minimum absolute atomic E-state index is 0.359. The van der Waals surface area contributed by atoms with Crippen molar-refractivity contribution in [3.05, 3.63) is 0 Å². The molecule has 0 aromatic rings. The second-order valence-electron chi connectivity index (χ2n) is 1.76. The summed E-state index contributed by atoms with van der Waals surface area (Å²) in [7, 11) is 0. The van der Waals surface area contributed by atoms with Gasteiger partial charge in [-0.3, -0.25) is 4.79 Å². The first-order chi connectivity index (χ1) is 4.86. The van der Waals surface area contributed by atoms with E-state index in [9.17, 15) is 4.79 Å². The van der Waals surface area contributed by atoms with Crippen molar-refractivity contribution in [2.75, 3.05) is 0 Å². The lowest BCUT2D eigenvalue weighted by Gasteiger charge is -1.95. The van der Waals surface area contributed by atoms with Crippen LogP contribution in [-0.2, 0) is 4.79 Å². The van der Waals surface area contributed by atoms with Crippen molar-refractivity contribution in [3.63, 3.8) is 0 Å². The topological polar surface area (TPSA) is 66.5 Å². The predicted octanol–water partition coefficient (Wildman–Crippen LogP) is -0.564. The molecule has 10 heavy (non-hydrogen) atoms. The van der Waals surface area contributed by atoms with E-state index < -0.39 is 0 Å². The predicted molar refractivity (Wildman–Crippen MR) is 36.9 cm³/mol. The highest BCUT2D eigenvalue weighted by atomic mass is 16.1. The van der Waals surface area contributed by atoms with Crippen LogP contribution in [-0.4, -0.2) is 29.9 Å². The van der Waals surface area contributed by atoms with Gasteiger partial charge in [-0.2, -0.15) is 5.10 Å². The van der Waals surface area contributed by atoms with Crippen LogP contribution < -0.4 is 0 Å². The number of carbonyl (C=O) groups is 1. The summed E-state index contributed by atoms with van der Waals surface area (Å²) in [5.41, 5.74) is 0.451. The molecule has 2 heterocycles. The Morgan fingerprint density at radius 1 is 1.30 bits per heavy atom. The summed E-state index contributed by atoms with van der Waals surface area (Å²) in [6.07, 6.45) is 2.53. The summed E-state index contributed by atoms with van der Waals surface area (Å²) in [6, 6.07) is 0. The molecule has 5 nitrogen and oxygen atoms in total. The SMILES string of the molecule is O=C1C=NC2=NN=CC2=N1. The third kappa shape index (κ3) is 0.604. The third-order valence-electron chi connectivity index (χ3n) is 1.09. The zero-order valence-corrected chi connectivity index (χ0v) is 4.85. The number of amides is 1. The fourth-order valence-corrected chi connectivity index (χ4v) is 0.682. The Kier molecular flexibility index (Phi) is 0.858. The Bertz CT molecular complexity index is 310. The van der Waals surface area contributed by atoms with Crippen molar-refractivity contribution < 1.29 is 4.79 Å². The molecule has 5 heteroatoms.